The number of rotatable bonds is 1. The maximum atomic E-state index is 10.4. The maximum Gasteiger partial charge on any atom is 0.507 e. The first-order valence-corrected chi connectivity index (χ1v) is 16.2. The topological polar surface area (TPSA) is 370 Å². The summed E-state index contributed by atoms with van der Waals surface area (Å²) in [6, 6.07) is 0. The van der Waals surface area contributed by atoms with Gasteiger partial charge in [0.05, 0.1) is 12.4 Å². The van der Waals surface area contributed by atoms with Crippen LogP contribution in [0.25, 0.3) is 0 Å². The van der Waals surface area contributed by atoms with Gasteiger partial charge in [0.1, 0.15) is 0 Å². The molecule has 0 radical (unpaired) electrons. The summed E-state index contributed by atoms with van der Waals surface area (Å²) in [5.41, 5.74) is 0. The van der Waals surface area contributed by atoms with Crippen molar-refractivity contribution in [3.63, 3.8) is 0 Å². The van der Waals surface area contributed by atoms with Crippen LogP contribution in [0.3, 0.4) is 0 Å². The molecule has 0 amide bonds. The molecular weight excluding hydrogens is 676 g/mol. The molecule has 0 spiro atoms. The Kier molecular flexibility index (Phi) is 30.6. The highest BCUT2D eigenvalue weighted by molar-refractivity contribution is 7.46. The van der Waals surface area contributed by atoms with E-state index < -0.39 is 47.4 Å². The Labute approximate surface area is 202 Å². The summed E-state index contributed by atoms with van der Waals surface area (Å²) in [6.45, 7) is 4.13. The summed E-state index contributed by atoms with van der Waals surface area (Å²) in [5, 5.41) is 3.16. The smallest absolute Gasteiger partial charge is 0.372 e. The minimum atomic E-state index is -5.14. The molecule has 1 aliphatic rings. The zero-order valence-corrected chi connectivity index (χ0v) is 22.7. The number of amidine groups is 1. The van der Waals surface area contributed by atoms with Gasteiger partial charge in [-0.2, -0.15) is 0 Å². The van der Waals surface area contributed by atoms with Crippen LogP contribution in [-0.4, -0.2) is 77.6 Å². The van der Waals surface area contributed by atoms with E-state index in [1.807, 2.05) is 0 Å². The van der Waals surface area contributed by atoms with E-state index in [0.717, 1.165) is 19.5 Å². The third kappa shape index (κ3) is 517. The molecule has 0 fully saturated rings. The minimum absolute atomic E-state index is 0.975. The zero-order chi connectivity index (χ0) is 32.1. The Hall–Kier alpha value is -0.0500. The third-order valence-corrected chi connectivity index (χ3v) is 1.08. The molecule has 0 aromatic rings. The Bertz CT molecular complexity index is 679. The number of halogens is 6. The van der Waals surface area contributed by atoms with Gasteiger partial charge >= 0.3 is 47.4 Å². The molecule has 1 rings (SSSR count). The van der Waals surface area contributed by atoms with Gasteiger partial charge in [-0.25, -0.2) is 27.4 Å². The van der Waals surface area contributed by atoms with Crippen molar-refractivity contribution in [2.45, 2.75) is 13.3 Å². The van der Waals surface area contributed by atoms with Gasteiger partial charge < -0.3 is 5.32 Å². The van der Waals surface area contributed by atoms with Gasteiger partial charge in [0.25, 0.3) is 0 Å². The number of nitrogens with zero attached hydrogens (tertiary/aromatic N) is 1. The van der Waals surface area contributed by atoms with Crippen molar-refractivity contribution in [2.24, 2.45) is 4.99 Å². The molecule has 0 aromatic carbocycles. The first-order valence-electron chi connectivity index (χ1n) is 7.21. The molecule has 20 nitrogen and oxygen atoms in total. The molecule has 232 valence electrons. The molecule has 1 aliphatic heterocycles. The fraction of sp³-hybridized carbons (Fsp3) is 0.800. The van der Waals surface area contributed by atoms with Crippen LogP contribution >= 0.6 is 47.4 Å². The van der Waals surface area contributed by atoms with E-state index >= 15 is 0 Å². The van der Waals surface area contributed by atoms with Crippen LogP contribution in [0.2, 0.25) is 0 Å². The highest BCUT2D eigenvalue weighted by Gasteiger charge is 2.07. The molecule has 0 unspecified atom stereocenters. The molecule has 0 bridgehead atoms. The van der Waals surface area contributed by atoms with Crippen molar-refractivity contribution in [1.82, 2.24) is 5.32 Å². The SMILES string of the molecule is CCC1=NCCN1.O=P(O)(O)F.O=P(O)(O)F.O=P(O)(O)F.O=P(O)(O)F.O=P(O)(O)F.O=P(O)(O)F. The van der Waals surface area contributed by atoms with Crippen LogP contribution in [-0.2, 0) is 27.4 Å². The van der Waals surface area contributed by atoms with Crippen molar-refractivity contribution in [1.29, 1.82) is 0 Å². The van der Waals surface area contributed by atoms with Gasteiger partial charge in [-0.3, -0.25) is 63.7 Å². The summed E-state index contributed by atoms with van der Waals surface area (Å²) < 4.78 is 114. The second kappa shape index (κ2) is 22.7. The molecule has 37 heavy (non-hydrogen) atoms. The van der Waals surface area contributed by atoms with Gasteiger partial charge in [0.2, 0.25) is 0 Å². The predicted molar refractivity (Wildman–Crippen MR) is 110 cm³/mol. The van der Waals surface area contributed by atoms with Gasteiger partial charge in [0.15, 0.2) is 0 Å². The summed E-state index contributed by atoms with van der Waals surface area (Å²) >= 11 is 0. The summed E-state index contributed by atoms with van der Waals surface area (Å²) in [4.78, 5) is 87.7. The van der Waals surface area contributed by atoms with Crippen LogP contribution in [0.5, 0.6) is 0 Å². The predicted octanol–water partition coefficient (Wildman–Crippen LogP) is 0.690. The monoisotopic (exact) mass is 698 g/mol. The molecular formula is C5H22F6N2O18P6. The Balaban J connectivity index is -0.0000000762. The van der Waals surface area contributed by atoms with Crippen LogP contribution in [0.1, 0.15) is 13.3 Å². The fourth-order valence-electron chi connectivity index (χ4n) is 0.684. The van der Waals surface area contributed by atoms with E-state index in [2.05, 4.69) is 17.2 Å². The average molecular weight is 698 g/mol. The quantitative estimate of drug-likeness (QED) is 0.132. The lowest BCUT2D eigenvalue weighted by Crippen LogP contribution is -2.16. The van der Waals surface area contributed by atoms with E-state index in [9.17, 15) is 25.2 Å². The molecule has 0 saturated heterocycles. The number of nitrogens with one attached hydrogen (secondary N) is 1. The van der Waals surface area contributed by atoms with Gasteiger partial charge in [-0.1, -0.05) is 6.92 Å². The normalized spacial score (nSPS) is 13.1. The van der Waals surface area contributed by atoms with Crippen molar-refractivity contribution in [2.75, 3.05) is 13.1 Å². The third-order valence-electron chi connectivity index (χ3n) is 1.08. The summed E-state index contributed by atoms with van der Waals surface area (Å²) in [5.74, 6) is 1.17. The standard InChI is InChI=1S/C5H10N2.6FH2O3P/c1-2-5-6-3-4-7-5;6*1-5(2,3)4/h2-4H2,1H3,(H,6,7);6*(H2,2,3,4). The van der Waals surface area contributed by atoms with Gasteiger partial charge in [0, 0.05) is 13.0 Å². The first-order chi connectivity index (χ1) is 15.4. The highest BCUT2D eigenvalue weighted by Crippen LogP contribution is 2.37. The van der Waals surface area contributed by atoms with Crippen molar-refractivity contribution >= 4 is 53.3 Å². The lowest BCUT2D eigenvalue weighted by atomic mass is 10.4. The minimum Gasteiger partial charge on any atom is -0.372 e. The first kappa shape index (κ1) is 49.9. The lowest BCUT2D eigenvalue weighted by molar-refractivity contribution is 0.320. The lowest BCUT2D eigenvalue weighted by Gasteiger charge is -1.91. The largest absolute Gasteiger partial charge is 0.507 e. The zero-order valence-electron chi connectivity index (χ0n) is 17.3. The van der Waals surface area contributed by atoms with E-state index in [4.69, 9.17) is 86.1 Å². The van der Waals surface area contributed by atoms with Crippen LogP contribution in [0, 0.1) is 0 Å². The van der Waals surface area contributed by atoms with Crippen molar-refractivity contribution in [3.8, 4) is 0 Å². The molecule has 1 heterocycles. The van der Waals surface area contributed by atoms with Crippen LogP contribution < -0.4 is 5.32 Å². The second-order valence-corrected chi connectivity index (χ2v) is 10.1. The number of aliphatic imine (C=N–C) groups is 1. The van der Waals surface area contributed by atoms with E-state index in [1.165, 1.54) is 5.84 Å². The van der Waals surface area contributed by atoms with Gasteiger partial charge in [-0.05, 0) is 0 Å². The molecule has 0 aromatic heterocycles. The second-order valence-electron chi connectivity index (χ2n) is 4.45. The fourth-order valence-corrected chi connectivity index (χ4v) is 0.684. The van der Waals surface area contributed by atoms with Crippen LogP contribution in [0.4, 0.5) is 25.2 Å². The molecule has 0 aliphatic carbocycles. The highest BCUT2D eigenvalue weighted by atomic mass is 31.2. The van der Waals surface area contributed by atoms with Crippen molar-refractivity contribution in [3.05, 3.63) is 0 Å². The average Bonchev–Trinajstić information content (AvgIpc) is 2.88. The van der Waals surface area contributed by atoms with Crippen molar-refractivity contribution < 1.29 is 111 Å². The number of hydrogen-bond acceptors (Lipinski definition) is 8. The summed E-state index contributed by atoms with van der Waals surface area (Å²) in [6.07, 6.45) is 1.06. The summed E-state index contributed by atoms with van der Waals surface area (Å²) in [7, 11) is -30.8. The maximum absolute atomic E-state index is 10.4. The Morgan fingerprint density at radius 3 is 0.784 bits per heavy atom. The molecule has 13 N–H and O–H groups in total. The van der Waals surface area contributed by atoms with Gasteiger partial charge in [-0.15, -0.1) is 25.2 Å². The van der Waals surface area contributed by atoms with E-state index in [-0.39, 0.29) is 0 Å². The molecule has 32 heteroatoms. The van der Waals surface area contributed by atoms with Crippen LogP contribution in [0.15, 0.2) is 4.99 Å². The number of hydrogen-bond donors (Lipinski definition) is 13. The molecule has 0 saturated carbocycles. The van der Waals surface area contributed by atoms with E-state index in [0.29, 0.717) is 0 Å². The Morgan fingerprint density at radius 2 is 0.730 bits per heavy atom. The van der Waals surface area contributed by atoms with E-state index in [1.54, 1.807) is 0 Å². The molecule has 0 atom stereocenters. The Morgan fingerprint density at radius 1 is 0.568 bits per heavy atom.